The minimum absolute atomic E-state index is 0.0269. The van der Waals surface area contributed by atoms with Gasteiger partial charge >= 0.3 is 11.8 Å². The maximum Gasteiger partial charge on any atom is 0.442 e. The van der Waals surface area contributed by atoms with E-state index in [1.807, 2.05) is 4.72 Å². The van der Waals surface area contributed by atoms with Crippen molar-refractivity contribution in [2.75, 3.05) is 13.2 Å². The van der Waals surface area contributed by atoms with Crippen LogP contribution in [0.3, 0.4) is 0 Å². The van der Waals surface area contributed by atoms with Crippen LogP contribution in [0.1, 0.15) is 22.0 Å². The number of alkyl halides is 3. The van der Waals surface area contributed by atoms with Gasteiger partial charge in [-0.3, -0.25) is 9.48 Å². The Balaban J connectivity index is 1.48. The fourth-order valence-electron chi connectivity index (χ4n) is 3.02. The zero-order chi connectivity index (χ0) is 21.7. The van der Waals surface area contributed by atoms with Crippen LogP contribution in [0.2, 0.25) is 0 Å². The number of hydrogen-bond donors (Lipinski definition) is 2. The summed E-state index contributed by atoms with van der Waals surface area (Å²) in [5.41, 5.74) is 2.88. The summed E-state index contributed by atoms with van der Waals surface area (Å²) < 4.78 is 72.5. The average Bonchev–Trinajstić information content (AvgIpc) is 3.17. The molecular weight excluding hydrogens is 429 g/mol. The molecule has 3 heterocycles. The molecule has 1 saturated heterocycles. The number of ether oxygens (including phenoxy) is 1. The van der Waals surface area contributed by atoms with Crippen molar-refractivity contribution in [2.45, 2.75) is 28.8 Å². The summed E-state index contributed by atoms with van der Waals surface area (Å²) in [5.74, 6) is -0.947. The van der Waals surface area contributed by atoms with Crippen molar-refractivity contribution in [3.8, 4) is 0 Å². The molecule has 0 radical (unpaired) electrons. The van der Waals surface area contributed by atoms with Gasteiger partial charge in [-0.1, -0.05) is 12.1 Å². The number of aromatic nitrogens is 2. The Kier molecular flexibility index (Phi) is 4.67. The molecule has 1 fully saturated rings. The predicted molar refractivity (Wildman–Crippen MR) is 93.7 cm³/mol. The first-order chi connectivity index (χ1) is 14.0. The van der Waals surface area contributed by atoms with Crippen LogP contribution in [-0.4, -0.2) is 49.5 Å². The van der Waals surface area contributed by atoms with Gasteiger partial charge in [-0.2, -0.15) is 18.3 Å². The second-order valence-corrected chi connectivity index (χ2v) is 8.49. The molecule has 4 rings (SSSR count). The predicted octanol–water partition coefficient (Wildman–Crippen LogP) is 1.08. The number of nitrogens with one attached hydrogen (secondary N) is 1. The Morgan fingerprint density at radius 3 is 2.43 bits per heavy atom. The molecule has 3 N–H and O–H groups in total. The molecule has 1 amide bonds. The third-order valence-electron chi connectivity index (χ3n) is 4.79. The lowest BCUT2D eigenvalue weighted by atomic mass is 10.0. The molecule has 2 aliphatic heterocycles. The summed E-state index contributed by atoms with van der Waals surface area (Å²) in [6.45, 7) is 0.652. The third kappa shape index (κ3) is 3.46. The lowest BCUT2D eigenvalue weighted by Crippen LogP contribution is -2.32. The molecule has 2 aliphatic rings. The number of carbonyl (C=O) groups is 1. The fourth-order valence-corrected chi connectivity index (χ4v) is 3.99. The molecule has 0 bridgehead atoms. The van der Waals surface area contributed by atoms with Crippen LogP contribution in [0.4, 0.5) is 13.2 Å². The Morgan fingerprint density at radius 1 is 1.23 bits per heavy atom. The van der Waals surface area contributed by atoms with Gasteiger partial charge in [0.2, 0.25) is 0 Å². The number of carbonyl (C=O) groups excluding carboxylic acids is 1. The van der Waals surface area contributed by atoms with Gasteiger partial charge in [-0.15, -0.1) is 10.2 Å². The number of nitrogens with zero attached hydrogens (tertiary/aromatic N) is 4. The molecule has 0 saturated carbocycles. The van der Waals surface area contributed by atoms with Gasteiger partial charge < -0.3 is 10.5 Å². The van der Waals surface area contributed by atoms with Gasteiger partial charge in [0.15, 0.2) is 0 Å². The van der Waals surface area contributed by atoms with Crippen molar-refractivity contribution in [2.24, 2.45) is 16.0 Å². The van der Waals surface area contributed by atoms with Crippen LogP contribution >= 0.6 is 0 Å². The Morgan fingerprint density at radius 2 is 1.90 bits per heavy atom. The molecule has 160 valence electrons. The van der Waals surface area contributed by atoms with Crippen LogP contribution < -0.4 is 10.5 Å². The van der Waals surface area contributed by atoms with E-state index in [0.717, 1.165) is 24.3 Å². The first-order valence-corrected chi connectivity index (χ1v) is 10.1. The number of halogens is 3. The van der Waals surface area contributed by atoms with E-state index in [1.54, 1.807) is 0 Å². The number of rotatable bonds is 5. The van der Waals surface area contributed by atoms with Gasteiger partial charge in [0.1, 0.15) is 0 Å². The molecule has 2 atom stereocenters. The lowest BCUT2D eigenvalue weighted by Gasteiger charge is -2.15. The zero-order valence-electron chi connectivity index (χ0n) is 15.1. The topological polar surface area (TPSA) is 141 Å². The van der Waals surface area contributed by atoms with E-state index in [2.05, 4.69) is 15.3 Å². The van der Waals surface area contributed by atoms with Crippen LogP contribution in [0.5, 0.6) is 0 Å². The van der Waals surface area contributed by atoms with Gasteiger partial charge in [0.05, 0.1) is 42.0 Å². The molecule has 30 heavy (non-hydrogen) atoms. The highest BCUT2D eigenvalue weighted by Crippen LogP contribution is 2.52. The molecule has 2 aromatic rings. The Bertz CT molecular complexity index is 1110. The molecule has 14 heteroatoms. The van der Waals surface area contributed by atoms with Crippen molar-refractivity contribution in [1.82, 2.24) is 14.5 Å². The lowest BCUT2D eigenvalue weighted by molar-refractivity contribution is -0.166. The van der Waals surface area contributed by atoms with E-state index in [9.17, 15) is 26.4 Å². The highest BCUT2D eigenvalue weighted by atomic mass is 32.2. The van der Waals surface area contributed by atoms with Crippen LogP contribution in [-0.2, 0) is 20.4 Å². The molecule has 0 aliphatic carbocycles. The molecule has 0 unspecified atom stereocenters. The Hall–Kier alpha value is -2.84. The van der Waals surface area contributed by atoms with Crippen molar-refractivity contribution in [1.29, 1.82) is 0 Å². The van der Waals surface area contributed by atoms with E-state index in [-0.39, 0.29) is 23.2 Å². The highest BCUT2D eigenvalue weighted by Gasteiger charge is 2.65. The van der Waals surface area contributed by atoms with Crippen LogP contribution in [0.15, 0.2) is 51.8 Å². The van der Waals surface area contributed by atoms with E-state index >= 15 is 0 Å². The van der Waals surface area contributed by atoms with Gasteiger partial charge in [-0.05, 0) is 12.1 Å². The third-order valence-corrected chi connectivity index (χ3v) is 6.13. The molecule has 1 aromatic heterocycles. The highest BCUT2D eigenvalue weighted by molar-refractivity contribution is 7.90. The van der Waals surface area contributed by atoms with E-state index in [4.69, 9.17) is 10.5 Å². The average molecular weight is 444 g/mol. The largest absolute Gasteiger partial charge is 0.442 e. The van der Waals surface area contributed by atoms with Gasteiger partial charge in [-0.25, -0.2) is 13.1 Å². The van der Waals surface area contributed by atoms with E-state index in [0.29, 0.717) is 13.2 Å². The van der Waals surface area contributed by atoms with Crippen molar-refractivity contribution in [3.05, 3.63) is 47.8 Å². The molecule has 1 aromatic carbocycles. The van der Waals surface area contributed by atoms with Crippen molar-refractivity contribution < 1.29 is 31.1 Å². The Labute approximate surface area is 168 Å². The van der Waals surface area contributed by atoms with Gasteiger partial charge in [0.25, 0.3) is 15.9 Å². The number of hydrogen-bond acceptors (Lipinski definition) is 8. The summed E-state index contributed by atoms with van der Waals surface area (Å²) >= 11 is 0. The second kappa shape index (κ2) is 6.85. The first-order valence-electron chi connectivity index (χ1n) is 8.59. The summed E-state index contributed by atoms with van der Waals surface area (Å²) in [5, 5.41) is 10.1. The van der Waals surface area contributed by atoms with Crippen molar-refractivity contribution in [3.63, 3.8) is 0 Å². The summed E-state index contributed by atoms with van der Waals surface area (Å²) in [6.07, 6.45) is -2.20. The minimum atomic E-state index is -4.73. The summed E-state index contributed by atoms with van der Waals surface area (Å²) in [6, 6.07) is 3.20. The number of sulfonamides is 1. The summed E-state index contributed by atoms with van der Waals surface area (Å²) in [7, 11) is -4.33. The number of nitrogens with two attached hydrogens (primary N) is 1. The standard InChI is InChI=1S/C16H15F3N6O4S/c17-16(18,19)15(23-24-15)10-1-3-11(4-2-10)30(27,28)22-14(26)9-5-21-25(6-9)13-8-29-7-12(13)20/h1-6,12-13H,7-8,20H2,(H,22,26)/t12-,13+/m1/s1. The molecule has 0 spiro atoms. The maximum absolute atomic E-state index is 13.0. The van der Waals surface area contributed by atoms with E-state index < -0.39 is 32.7 Å². The first kappa shape index (κ1) is 20.4. The monoisotopic (exact) mass is 444 g/mol. The van der Waals surface area contributed by atoms with Crippen LogP contribution in [0.25, 0.3) is 0 Å². The maximum atomic E-state index is 13.0. The number of amides is 1. The van der Waals surface area contributed by atoms with E-state index in [1.165, 1.54) is 17.1 Å². The molecule has 10 nitrogen and oxygen atoms in total. The number of benzene rings is 1. The minimum Gasteiger partial charge on any atom is -0.377 e. The summed E-state index contributed by atoms with van der Waals surface area (Å²) in [4.78, 5) is 11.9. The zero-order valence-corrected chi connectivity index (χ0v) is 15.9. The smallest absolute Gasteiger partial charge is 0.377 e. The van der Waals surface area contributed by atoms with Crippen molar-refractivity contribution >= 4 is 15.9 Å². The fraction of sp³-hybridized carbons (Fsp3) is 0.375. The van der Waals surface area contributed by atoms with Crippen LogP contribution in [0, 0.1) is 0 Å². The second-order valence-electron chi connectivity index (χ2n) is 6.81. The quantitative estimate of drug-likeness (QED) is 0.707. The SMILES string of the molecule is N[C@@H]1COC[C@@H]1n1cc(C(=O)NS(=O)(=O)c2ccc(C3(C(F)(F)F)N=N3)cc2)cn1. The molecular formula is C16H15F3N6O4S. The van der Waals surface area contributed by atoms with Gasteiger partial charge in [0, 0.05) is 11.8 Å². The normalized spacial score (nSPS) is 22.8.